The highest BCUT2D eigenvalue weighted by Gasteiger charge is 2.19. The van der Waals surface area contributed by atoms with Crippen molar-refractivity contribution in [1.29, 1.82) is 0 Å². The summed E-state index contributed by atoms with van der Waals surface area (Å²) in [5, 5.41) is 0. The fourth-order valence-corrected chi connectivity index (χ4v) is 2.06. The summed E-state index contributed by atoms with van der Waals surface area (Å²) < 4.78 is 10.4. The third-order valence-electron chi connectivity index (χ3n) is 2.80. The highest BCUT2D eigenvalue weighted by Crippen LogP contribution is 2.30. The third kappa shape index (κ3) is 2.03. The molecule has 0 radical (unpaired) electrons. The number of hydrogen-bond donors (Lipinski definition) is 0. The van der Waals surface area contributed by atoms with Crippen LogP contribution in [0.2, 0.25) is 0 Å². The lowest BCUT2D eigenvalue weighted by atomic mass is 10.0. The van der Waals surface area contributed by atoms with Gasteiger partial charge in [0.1, 0.15) is 11.3 Å². The average molecular weight is 220 g/mol. The maximum atomic E-state index is 11.6. The van der Waals surface area contributed by atoms with E-state index in [1.165, 1.54) is 7.11 Å². The molecule has 86 valence electrons. The number of hydrogen-bond acceptors (Lipinski definition) is 3. The van der Waals surface area contributed by atoms with Crippen molar-refractivity contribution in [3.8, 4) is 5.75 Å². The molecule has 0 fully saturated rings. The molecule has 0 amide bonds. The van der Waals surface area contributed by atoms with Crippen LogP contribution >= 0.6 is 0 Å². The van der Waals surface area contributed by atoms with E-state index in [0.717, 1.165) is 36.1 Å². The molecule has 1 aromatic carbocycles. The molecule has 1 heterocycles. The molecule has 0 saturated heterocycles. The topological polar surface area (TPSA) is 35.5 Å². The van der Waals surface area contributed by atoms with Crippen LogP contribution in [0.5, 0.6) is 5.75 Å². The zero-order valence-corrected chi connectivity index (χ0v) is 9.71. The van der Waals surface area contributed by atoms with E-state index in [0.29, 0.717) is 12.2 Å². The van der Waals surface area contributed by atoms with E-state index in [2.05, 4.69) is 6.07 Å². The van der Waals surface area contributed by atoms with Crippen LogP contribution in [0.1, 0.15) is 34.3 Å². The van der Waals surface area contributed by atoms with Gasteiger partial charge >= 0.3 is 5.97 Å². The predicted octanol–water partition coefficient (Wildman–Crippen LogP) is 2.50. The molecule has 1 aromatic rings. The van der Waals surface area contributed by atoms with E-state index < -0.39 is 0 Å². The van der Waals surface area contributed by atoms with Gasteiger partial charge in [-0.05, 0) is 43.4 Å². The van der Waals surface area contributed by atoms with Crippen LogP contribution < -0.4 is 4.74 Å². The van der Waals surface area contributed by atoms with Gasteiger partial charge in [-0.15, -0.1) is 0 Å². The summed E-state index contributed by atoms with van der Waals surface area (Å²) in [5.74, 6) is 0.400. The van der Waals surface area contributed by atoms with Crippen molar-refractivity contribution in [2.45, 2.75) is 26.2 Å². The van der Waals surface area contributed by atoms with Gasteiger partial charge in [0.15, 0.2) is 0 Å². The molecule has 0 aromatic heterocycles. The minimum absolute atomic E-state index is 0.318. The first-order chi connectivity index (χ1) is 7.72. The number of ether oxygens (including phenoxy) is 2. The van der Waals surface area contributed by atoms with Crippen LogP contribution in [0, 0.1) is 6.92 Å². The molecule has 0 spiro atoms. The van der Waals surface area contributed by atoms with Crippen LogP contribution in [-0.4, -0.2) is 19.7 Å². The number of methoxy groups -OCH3 is 1. The fourth-order valence-electron chi connectivity index (χ4n) is 2.06. The van der Waals surface area contributed by atoms with Crippen LogP contribution in [0.3, 0.4) is 0 Å². The van der Waals surface area contributed by atoms with Crippen molar-refractivity contribution in [2.75, 3.05) is 13.7 Å². The van der Waals surface area contributed by atoms with Gasteiger partial charge in [0.2, 0.25) is 0 Å². The minimum atomic E-state index is -0.318. The molecular weight excluding hydrogens is 204 g/mol. The first-order valence-corrected chi connectivity index (χ1v) is 5.57. The maximum absolute atomic E-state index is 11.6. The van der Waals surface area contributed by atoms with Gasteiger partial charge < -0.3 is 9.47 Å². The zero-order valence-electron chi connectivity index (χ0n) is 9.71. The molecule has 0 bridgehead atoms. The van der Waals surface area contributed by atoms with Crippen molar-refractivity contribution in [1.82, 2.24) is 0 Å². The number of esters is 1. The molecule has 1 aliphatic heterocycles. The van der Waals surface area contributed by atoms with E-state index >= 15 is 0 Å². The Morgan fingerprint density at radius 2 is 2.19 bits per heavy atom. The maximum Gasteiger partial charge on any atom is 0.341 e. The molecular formula is C13H16O3. The summed E-state index contributed by atoms with van der Waals surface area (Å²) in [6.07, 6.45) is 3.12. The highest BCUT2D eigenvalue weighted by molar-refractivity contribution is 5.93. The number of aryl methyl sites for hydroxylation is 2. The van der Waals surface area contributed by atoms with Crippen LogP contribution in [-0.2, 0) is 11.2 Å². The lowest BCUT2D eigenvalue weighted by Crippen LogP contribution is -2.07. The second kappa shape index (κ2) is 4.56. The Labute approximate surface area is 95.4 Å². The van der Waals surface area contributed by atoms with Crippen molar-refractivity contribution in [2.24, 2.45) is 0 Å². The summed E-state index contributed by atoms with van der Waals surface area (Å²) in [5.41, 5.74) is 2.75. The average Bonchev–Trinajstić information content (AvgIpc) is 2.51. The molecule has 0 atom stereocenters. The first kappa shape index (κ1) is 11.0. The van der Waals surface area contributed by atoms with E-state index in [9.17, 15) is 4.79 Å². The number of fused-ring (bicyclic) bond motifs is 1. The van der Waals surface area contributed by atoms with Crippen LogP contribution in [0.25, 0.3) is 0 Å². The molecule has 0 N–H and O–H groups in total. The largest absolute Gasteiger partial charge is 0.492 e. The van der Waals surface area contributed by atoms with Gasteiger partial charge in [0, 0.05) is 0 Å². The predicted molar refractivity (Wildman–Crippen MR) is 61.0 cm³/mol. The standard InChI is InChI=1S/C13H16O3/c1-9-7-10-5-3-4-6-16-12(10)11(8-9)13(14)15-2/h7-8H,3-6H2,1-2H3. The molecule has 0 saturated carbocycles. The second-order valence-corrected chi connectivity index (χ2v) is 4.10. The molecule has 0 aliphatic carbocycles. The summed E-state index contributed by atoms with van der Waals surface area (Å²) in [4.78, 5) is 11.6. The monoisotopic (exact) mass is 220 g/mol. The molecule has 3 nitrogen and oxygen atoms in total. The van der Waals surface area contributed by atoms with E-state index in [-0.39, 0.29) is 5.97 Å². The van der Waals surface area contributed by atoms with Crippen molar-refractivity contribution >= 4 is 5.97 Å². The van der Waals surface area contributed by atoms with Crippen molar-refractivity contribution < 1.29 is 14.3 Å². The smallest absolute Gasteiger partial charge is 0.341 e. The number of rotatable bonds is 1. The fraction of sp³-hybridized carbons (Fsp3) is 0.462. The van der Waals surface area contributed by atoms with Gasteiger partial charge in [-0.25, -0.2) is 4.79 Å². The summed E-state index contributed by atoms with van der Waals surface area (Å²) in [6.45, 7) is 2.66. The van der Waals surface area contributed by atoms with Gasteiger partial charge in [-0.3, -0.25) is 0 Å². The molecule has 3 heteroatoms. The lowest BCUT2D eigenvalue weighted by molar-refractivity contribution is 0.0596. The molecule has 2 rings (SSSR count). The minimum Gasteiger partial charge on any atom is -0.492 e. The van der Waals surface area contributed by atoms with Crippen molar-refractivity contribution in [3.63, 3.8) is 0 Å². The van der Waals surface area contributed by atoms with Gasteiger partial charge in [-0.1, -0.05) is 6.07 Å². The Bertz CT molecular complexity index is 410. The van der Waals surface area contributed by atoms with E-state index in [1.807, 2.05) is 13.0 Å². The van der Waals surface area contributed by atoms with Gasteiger partial charge in [0.25, 0.3) is 0 Å². The quantitative estimate of drug-likeness (QED) is 0.682. The van der Waals surface area contributed by atoms with E-state index in [4.69, 9.17) is 9.47 Å². The first-order valence-electron chi connectivity index (χ1n) is 5.57. The van der Waals surface area contributed by atoms with Crippen molar-refractivity contribution in [3.05, 3.63) is 28.8 Å². The molecule has 0 unspecified atom stereocenters. The Hall–Kier alpha value is -1.51. The SMILES string of the molecule is COC(=O)c1cc(C)cc2c1OCCCC2. The summed E-state index contributed by atoms with van der Waals surface area (Å²) >= 11 is 0. The third-order valence-corrected chi connectivity index (χ3v) is 2.80. The zero-order chi connectivity index (χ0) is 11.5. The molecule has 1 aliphatic rings. The summed E-state index contributed by atoms with van der Waals surface area (Å²) in [7, 11) is 1.40. The summed E-state index contributed by atoms with van der Waals surface area (Å²) in [6, 6.07) is 3.92. The Morgan fingerprint density at radius 3 is 2.94 bits per heavy atom. The molecule has 16 heavy (non-hydrogen) atoms. The Morgan fingerprint density at radius 1 is 1.38 bits per heavy atom. The highest BCUT2D eigenvalue weighted by atomic mass is 16.5. The number of benzene rings is 1. The number of carbonyl (C=O) groups is 1. The normalized spacial score (nSPS) is 14.6. The Kier molecular flexibility index (Phi) is 3.13. The Balaban J connectivity index is 2.50. The van der Waals surface area contributed by atoms with Gasteiger partial charge in [0.05, 0.1) is 13.7 Å². The van der Waals surface area contributed by atoms with Gasteiger partial charge in [-0.2, -0.15) is 0 Å². The van der Waals surface area contributed by atoms with E-state index in [1.54, 1.807) is 0 Å². The van der Waals surface area contributed by atoms with Crippen LogP contribution in [0.4, 0.5) is 0 Å². The number of carbonyl (C=O) groups excluding carboxylic acids is 1. The lowest BCUT2D eigenvalue weighted by Gasteiger charge is -2.12. The second-order valence-electron chi connectivity index (χ2n) is 4.10. The van der Waals surface area contributed by atoms with Crippen LogP contribution in [0.15, 0.2) is 12.1 Å².